The summed E-state index contributed by atoms with van der Waals surface area (Å²) in [5, 5.41) is 0. The van der Waals surface area contributed by atoms with Gasteiger partial charge in [0, 0.05) is 11.5 Å². The zero-order valence-corrected chi connectivity index (χ0v) is 19.4. The molecule has 4 nitrogen and oxygen atoms in total. The molecule has 3 aromatic rings. The van der Waals surface area contributed by atoms with E-state index >= 15 is 0 Å². The summed E-state index contributed by atoms with van der Waals surface area (Å²) in [7, 11) is 4.43. The average molecular weight is 480 g/mol. The van der Waals surface area contributed by atoms with E-state index in [4.69, 9.17) is 14.2 Å². The van der Waals surface area contributed by atoms with Gasteiger partial charge < -0.3 is 14.2 Å². The zero-order chi connectivity index (χ0) is 25.2. The highest BCUT2D eigenvalue weighted by Gasteiger charge is 2.61. The van der Waals surface area contributed by atoms with Crippen molar-refractivity contribution in [3.63, 3.8) is 0 Å². The molecule has 4 rings (SSSR count). The zero-order valence-electron chi connectivity index (χ0n) is 19.4. The van der Waals surface area contributed by atoms with Crippen molar-refractivity contribution in [1.82, 2.24) is 0 Å². The molecule has 0 N–H and O–H groups in total. The van der Waals surface area contributed by atoms with Crippen molar-refractivity contribution in [3.8, 4) is 29.1 Å². The van der Waals surface area contributed by atoms with Gasteiger partial charge in [-0.05, 0) is 59.9 Å². The van der Waals surface area contributed by atoms with Crippen LogP contribution in [0, 0.1) is 11.8 Å². The lowest BCUT2D eigenvalue weighted by Crippen LogP contribution is -2.22. The molecular formula is C28H23F3O4. The molecule has 0 radical (unpaired) electrons. The second-order valence-corrected chi connectivity index (χ2v) is 8.21. The van der Waals surface area contributed by atoms with E-state index in [9.17, 15) is 18.0 Å². The topological polar surface area (TPSA) is 44.8 Å². The van der Waals surface area contributed by atoms with E-state index in [-0.39, 0.29) is 11.7 Å². The molecule has 2 atom stereocenters. The Hall–Kier alpha value is -3.92. The lowest BCUT2D eigenvalue weighted by Gasteiger charge is -2.19. The van der Waals surface area contributed by atoms with Crippen LogP contribution in [0.3, 0.4) is 0 Å². The molecule has 3 aromatic carbocycles. The van der Waals surface area contributed by atoms with Crippen molar-refractivity contribution in [3.05, 3.63) is 89.0 Å². The van der Waals surface area contributed by atoms with Gasteiger partial charge in [-0.25, -0.2) is 0 Å². The Kier molecular flexibility index (Phi) is 6.49. The summed E-state index contributed by atoms with van der Waals surface area (Å²) in [5.74, 6) is 6.11. The number of alkyl halides is 3. The number of Topliss-reactive ketones (excluding diaryl/α,β-unsaturated/α-hetero) is 1. The van der Waals surface area contributed by atoms with Gasteiger partial charge in [-0.3, -0.25) is 4.79 Å². The molecule has 1 aliphatic carbocycles. The van der Waals surface area contributed by atoms with Gasteiger partial charge in [0.25, 0.3) is 0 Å². The van der Waals surface area contributed by atoms with Crippen LogP contribution in [-0.4, -0.2) is 27.1 Å². The second-order valence-electron chi connectivity index (χ2n) is 8.21. The predicted octanol–water partition coefficient (Wildman–Crippen LogP) is 5.78. The lowest BCUT2D eigenvalue weighted by atomic mass is 9.86. The van der Waals surface area contributed by atoms with Gasteiger partial charge in [-0.2, -0.15) is 13.2 Å². The summed E-state index contributed by atoms with van der Waals surface area (Å²) in [6, 6.07) is 17.4. The number of benzene rings is 3. The molecular weight excluding hydrogens is 457 g/mol. The van der Waals surface area contributed by atoms with Crippen molar-refractivity contribution in [2.45, 2.75) is 23.9 Å². The van der Waals surface area contributed by atoms with E-state index in [0.717, 1.165) is 12.1 Å². The number of hydrogen-bond donors (Lipinski definition) is 0. The Morgan fingerprint density at radius 3 is 2.03 bits per heavy atom. The van der Waals surface area contributed by atoms with Gasteiger partial charge in [-0.1, -0.05) is 36.3 Å². The first kappa shape index (κ1) is 24.2. The first-order chi connectivity index (χ1) is 16.7. The molecule has 1 aliphatic rings. The van der Waals surface area contributed by atoms with Crippen molar-refractivity contribution in [1.29, 1.82) is 0 Å². The lowest BCUT2D eigenvalue weighted by molar-refractivity contribution is -0.137. The van der Waals surface area contributed by atoms with E-state index in [1.54, 1.807) is 24.3 Å². The van der Waals surface area contributed by atoms with E-state index < -0.39 is 17.2 Å². The maximum absolute atomic E-state index is 13.6. The van der Waals surface area contributed by atoms with Gasteiger partial charge in [0.1, 0.15) is 0 Å². The average Bonchev–Trinajstić information content (AvgIpc) is 3.63. The van der Waals surface area contributed by atoms with Crippen LogP contribution in [0.2, 0.25) is 0 Å². The molecule has 7 heteroatoms. The number of ether oxygens (including phenoxy) is 3. The molecule has 0 saturated heterocycles. The van der Waals surface area contributed by atoms with Gasteiger partial charge in [0.05, 0.1) is 32.3 Å². The summed E-state index contributed by atoms with van der Waals surface area (Å²) in [6.07, 6.45) is -4.05. The molecule has 0 heterocycles. The summed E-state index contributed by atoms with van der Waals surface area (Å²) in [4.78, 5) is 13.6. The summed E-state index contributed by atoms with van der Waals surface area (Å²) >= 11 is 0. The second kappa shape index (κ2) is 9.38. The number of halogens is 3. The van der Waals surface area contributed by atoms with Crippen molar-refractivity contribution >= 4 is 5.78 Å². The number of rotatable bonds is 6. The van der Waals surface area contributed by atoms with Gasteiger partial charge in [0.15, 0.2) is 11.5 Å². The number of methoxy groups -OCH3 is 3. The van der Waals surface area contributed by atoms with Crippen molar-refractivity contribution in [2.24, 2.45) is 0 Å². The molecule has 0 amide bonds. The van der Waals surface area contributed by atoms with Crippen LogP contribution in [0.1, 0.15) is 34.6 Å². The fraction of sp³-hybridized carbons (Fsp3) is 0.250. The highest BCUT2D eigenvalue weighted by molar-refractivity contribution is 6.08. The number of carbonyl (C=O) groups excluding carboxylic acids is 1. The Morgan fingerprint density at radius 1 is 0.914 bits per heavy atom. The van der Waals surface area contributed by atoms with E-state index in [1.165, 1.54) is 33.5 Å². The number of ketones is 1. The Balaban J connectivity index is 1.80. The van der Waals surface area contributed by atoms with Crippen LogP contribution in [-0.2, 0) is 16.4 Å². The highest BCUT2D eigenvalue weighted by atomic mass is 19.4. The monoisotopic (exact) mass is 480 g/mol. The van der Waals surface area contributed by atoms with Crippen LogP contribution < -0.4 is 14.2 Å². The predicted molar refractivity (Wildman–Crippen MR) is 125 cm³/mol. The van der Waals surface area contributed by atoms with Crippen molar-refractivity contribution < 1.29 is 32.2 Å². The SMILES string of the molecule is COc1cc(C2(C(=O)C#Cc3ccccc3)CC2c2ccc(C(F)(F)F)cc2)cc(OC)c1OC. The standard InChI is InChI=1S/C28H23F3O4/c1-33-23-15-21(16-24(34-2)26(23)35-3)27(25(32)14-9-18-7-5-4-6-8-18)17-22(27)19-10-12-20(13-11-19)28(29,30)31/h4-8,10-13,15-16,22H,17H2,1-3H3. The molecule has 0 bridgehead atoms. The van der Waals surface area contributed by atoms with Gasteiger partial charge in [0.2, 0.25) is 11.5 Å². The molecule has 180 valence electrons. The largest absolute Gasteiger partial charge is 0.493 e. The third kappa shape index (κ3) is 4.57. The Bertz CT molecular complexity index is 1260. The molecule has 1 fully saturated rings. The minimum Gasteiger partial charge on any atom is -0.493 e. The fourth-order valence-electron chi connectivity index (χ4n) is 4.37. The highest BCUT2D eigenvalue weighted by Crippen LogP contribution is 2.62. The quantitative estimate of drug-likeness (QED) is 0.420. The smallest absolute Gasteiger partial charge is 0.416 e. The molecule has 35 heavy (non-hydrogen) atoms. The van der Waals surface area contributed by atoms with E-state index in [0.29, 0.717) is 40.4 Å². The van der Waals surface area contributed by atoms with Crippen LogP contribution in [0.5, 0.6) is 17.2 Å². The molecule has 1 saturated carbocycles. The fourth-order valence-corrected chi connectivity index (χ4v) is 4.37. The molecule has 0 spiro atoms. The molecule has 2 unspecified atom stereocenters. The summed E-state index contributed by atoms with van der Waals surface area (Å²) in [5.41, 5.74) is 0.114. The van der Waals surface area contributed by atoms with Crippen LogP contribution in [0.15, 0.2) is 66.7 Å². The minimum atomic E-state index is -4.44. The number of carbonyl (C=O) groups is 1. The van der Waals surface area contributed by atoms with Crippen LogP contribution in [0.25, 0.3) is 0 Å². The van der Waals surface area contributed by atoms with Gasteiger partial charge >= 0.3 is 6.18 Å². The third-order valence-electron chi connectivity index (χ3n) is 6.28. The first-order valence-corrected chi connectivity index (χ1v) is 10.8. The molecule has 0 aromatic heterocycles. The first-order valence-electron chi connectivity index (χ1n) is 10.8. The summed E-state index contributed by atoms with van der Waals surface area (Å²) < 4.78 is 55.5. The Labute approximate surface area is 201 Å². The van der Waals surface area contributed by atoms with Gasteiger partial charge in [-0.15, -0.1) is 0 Å². The third-order valence-corrected chi connectivity index (χ3v) is 6.28. The summed E-state index contributed by atoms with van der Waals surface area (Å²) in [6.45, 7) is 0. The van der Waals surface area contributed by atoms with Crippen molar-refractivity contribution in [2.75, 3.05) is 21.3 Å². The maximum atomic E-state index is 13.6. The van der Waals surface area contributed by atoms with Crippen LogP contribution in [0.4, 0.5) is 13.2 Å². The number of hydrogen-bond acceptors (Lipinski definition) is 4. The minimum absolute atomic E-state index is 0.333. The molecule has 0 aliphatic heterocycles. The normalized spacial score (nSPS) is 18.7. The van der Waals surface area contributed by atoms with E-state index in [2.05, 4.69) is 11.8 Å². The Morgan fingerprint density at radius 2 is 1.51 bits per heavy atom. The van der Waals surface area contributed by atoms with Crippen LogP contribution >= 0.6 is 0 Å². The maximum Gasteiger partial charge on any atom is 0.416 e. The van der Waals surface area contributed by atoms with E-state index in [1.807, 2.05) is 18.2 Å².